The quantitative estimate of drug-likeness (QED) is 0.859. The van der Waals surface area contributed by atoms with Crippen molar-refractivity contribution in [3.63, 3.8) is 0 Å². The van der Waals surface area contributed by atoms with Crippen LogP contribution in [0.1, 0.15) is 30.2 Å². The lowest BCUT2D eigenvalue weighted by atomic mass is 10.2. The van der Waals surface area contributed by atoms with Crippen molar-refractivity contribution in [2.24, 2.45) is 0 Å². The Kier molecular flexibility index (Phi) is 3.59. The molecule has 0 saturated carbocycles. The monoisotopic (exact) mass is 276 g/mol. The van der Waals surface area contributed by atoms with Crippen LogP contribution in [0.3, 0.4) is 0 Å². The number of amides is 1. The van der Waals surface area contributed by atoms with Crippen LogP contribution in [0.2, 0.25) is 0 Å². The summed E-state index contributed by atoms with van der Waals surface area (Å²) < 4.78 is 1.70. The van der Waals surface area contributed by atoms with E-state index in [1.54, 1.807) is 22.3 Å². The van der Waals surface area contributed by atoms with Crippen LogP contribution in [0.25, 0.3) is 0 Å². The van der Waals surface area contributed by atoms with Crippen molar-refractivity contribution in [1.82, 2.24) is 19.7 Å². The van der Waals surface area contributed by atoms with E-state index in [9.17, 15) is 4.79 Å². The van der Waals surface area contributed by atoms with E-state index < -0.39 is 0 Å². The molecule has 0 bridgehead atoms. The van der Waals surface area contributed by atoms with Crippen molar-refractivity contribution in [2.45, 2.75) is 31.8 Å². The summed E-state index contributed by atoms with van der Waals surface area (Å²) in [7, 11) is 0. The van der Waals surface area contributed by atoms with Gasteiger partial charge in [0, 0.05) is 17.8 Å². The summed E-state index contributed by atoms with van der Waals surface area (Å²) in [5.41, 5.74) is 0. The predicted octanol–water partition coefficient (Wildman–Crippen LogP) is 2.09. The third kappa shape index (κ3) is 2.68. The van der Waals surface area contributed by atoms with Gasteiger partial charge in [-0.25, -0.2) is 4.98 Å². The molecule has 0 radical (unpaired) electrons. The zero-order valence-corrected chi connectivity index (χ0v) is 11.4. The molecule has 0 N–H and O–H groups in total. The lowest BCUT2D eigenvalue weighted by molar-refractivity contribution is -0.132. The topological polar surface area (TPSA) is 51.0 Å². The predicted molar refractivity (Wildman–Crippen MR) is 72.6 cm³/mol. The van der Waals surface area contributed by atoms with Gasteiger partial charge in [-0.1, -0.05) is 6.07 Å². The summed E-state index contributed by atoms with van der Waals surface area (Å²) in [6.07, 6.45) is 5.81. The number of thiophene rings is 1. The molecule has 1 saturated heterocycles. The fourth-order valence-electron chi connectivity index (χ4n) is 2.54. The molecule has 100 valence electrons. The number of aryl methyl sites for hydroxylation is 1. The second kappa shape index (κ2) is 5.52. The number of likely N-dealkylation sites (tertiary alicyclic amines) is 1. The lowest BCUT2D eigenvalue weighted by Crippen LogP contribution is -2.30. The maximum absolute atomic E-state index is 12.3. The van der Waals surface area contributed by atoms with E-state index in [2.05, 4.69) is 27.6 Å². The second-order valence-corrected chi connectivity index (χ2v) is 5.65. The van der Waals surface area contributed by atoms with Crippen molar-refractivity contribution in [3.05, 3.63) is 35.0 Å². The molecule has 2 aromatic heterocycles. The molecule has 1 aliphatic heterocycles. The van der Waals surface area contributed by atoms with E-state index in [0.29, 0.717) is 13.0 Å². The molecule has 5 nitrogen and oxygen atoms in total. The van der Waals surface area contributed by atoms with Crippen LogP contribution in [0, 0.1) is 0 Å². The Balaban J connectivity index is 1.62. The first kappa shape index (κ1) is 12.3. The maximum atomic E-state index is 12.3. The molecule has 19 heavy (non-hydrogen) atoms. The van der Waals surface area contributed by atoms with Crippen LogP contribution in [0.15, 0.2) is 30.2 Å². The van der Waals surface area contributed by atoms with Crippen LogP contribution < -0.4 is 0 Å². The molecule has 1 fully saturated rings. The highest BCUT2D eigenvalue weighted by molar-refractivity contribution is 7.10. The minimum Gasteiger partial charge on any atom is -0.335 e. The first-order valence-corrected chi connectivity index (χ1v) is 7.38. The molecule has 1 atom stereocenters. The average Bonchev–Trinajstić information content (AvgIpc) is 3.14. The zero-order valence-electron chi connectivity index (χ0n) is 10.6. The lowest BCUT2D eigenvalue weighted by Gasteiger charge is -2.23. The minimum absolute atomic E-state index is 0.214. The second-order valence-electron chi connectivity index (χ2n) is 4.67. The van der Waals surface area contributed by atoms with E-state index in [4.69, 9.17) is 0 Å². The summed E-state index contributed by atoms with van der Waals surface area (Å²) in [6, 6.07) is 4.46. The van der Waals surface area contributed by atoms with Gasteiger partial charge in [-0.2, -0.15) is 5.10 Å². The fraction of sp³-hybridized carbons (Fsp3) is 0.462. The first-order valence-electron chi connectivity index (χ1n) is 6.50. The van der Waals surface area contributed by atoms with Gasteiger partial charge in [0.25, 0.3) is 0 Å². The molecule has 0 spiro atoms. The summed E-state index contributed by atoms with van der Waals surface area (Å²) >= 11 is 1.74. The smallest absolute Gasteiger partial charge is 0.224 e. The Bertz CT molecular complexity index is 523. The summed E-state index contributed by atoms with van der Waals surface area (Å²) in [5.74, 6) is 0.214. The molecule has 3 heterocycles. The minimum atomic E-state index is 0.214. The fourth-order valence-corrected chi connectivity index (χ4v) is 3.42. The highest BCUT2D eigenvalue weighted by atomic mass is 32.1. The number of carbonyl (C=O) groups is 1. The van der Waals surface area contributed by atoms with Crippen LogP contribution in [0.5, 0.6) is 0 Å². The van der Waals surface area contributed by atoms with Gasteiger partial charge in [0.2, 0.25) is 5.91 Å². The Hall–Kier alpha value is -1.69. The van der Waals surface area contributed by atoms with E-state index in [0.717, 1.165) is 19.4 Å². The van der Waals surface area contributed by atoms with Crippen LogP contribution >= 0.6 is 11.3 Å². The van der Waals surface area contributed by atoms with Gasteiger partial charge in [0.05, 0.1) is 12.6 Å². The SMILES string of the molecule is O=C(CCn1cncn1)N1CCCC1c1cccs1. The van der Waals surface area contributed by atoms with Crippen molar-refractivity contribution < 1.29 is 4.79 Å². The van der Waals surface area contributed by atoms with Gasteiger partial charge in [0.1, 0.15) is 12.7 Å². The van der Waals surface area contributed by atoms with Gasteiger partial charge in [-0.05, 0) is 24.3 Å². The van der Waals surface area contributed by atoms with Crippen LogP contribution in [0.4, 0.5) is 0 Å². The molecule has 1 aliphatic rings. The van der Waals surface area contributed by atoms with E-state index >= 15 is 0 Å². The van der Waals surface area contributed by atoms with Crippen LogP contribution in [-0.2, 0) is 11.3 Å². The third-order valence-corrected chi connectivity index (χ3v) is 4.44. The van der Waals surface area contributed by atoms with Crippen LogP contribution in [-0.4, -0.2) is 32.1 Å². The molecule has 6 heteroatoms. The number of carbonyl (C=O) groups excluding carboxylic acids is 1. The molecule has 1 unspecified atom stereocenters. The van der Waals surface area contributed by atoms with Gasteiger partial charge in [0.15, 0.2) is 0 Å². The number of rotatable bonds is 4. The van der Waals surface area contributed by atoms with E-state index in [1.807, 2.05) is 4.90 Å². The van der Waals surface area contributed by atoms with Crippen molar-refractivity contribution >= 4 is 17.2 Å². The Morgan fingerprint density at radius 1 is 1.53 bits per heavy atom. The molecule has 3 rings (SSSR count). The average molecular weight is 276 g/mol. The number of hydrogen-bond acceptors (Lipinski definition) is 4. The van der Waals surface area contributed by atoms with Crippen molar-refractivity contribution in [2.75, 3.05) is 6.54 Å². The van der Waals surface area contributed by atoms with Gasteiger partial charge >= 0.3 is 0 Å². The Morgan fingerprint density at radius 3 is 3.21 bits per heavy atom. The standard InChI is InChI=1S/C13H16N4OS/c18-13(5-7-16-10-14-9-15-16)17-6-1-3-11(17)12-4-2-8-19-12/h2,4,8-11H,1,3,5-7H2. The molecule has 0 aromatic carbocycles. The van der Waals surface area contributed by atoms with E-state index in [-0.39, 0.29) is 11.9 Å². The third-order valence-electron chi connectivity index (χ3n) is 3.47. The molecule has 1 amide bonds. The Morgan fingerprint density at radius 2 is 2.47 bits per heavy atom. The maximum Gasteiger partial charge on any atom is 0.224 e. The zero-order chi connectivity index (χ0) is 13.1. The van der Waals surface area contributed by atoms with Gasteiger partial charge < -0.3 is 4.90 Å². The molecule has 0 aliphatic carbocycles. The molecular formula is C13H16N4OS. The summed E-state index contributed by atoms with van der Waals surface area (Å²) in [4.78, 5) is 19.5. The highest BCUT2D eigenvalue weighted by Crippen LogP contribution is 2.34. The van der Waals surface area contributed by atoms with Gasteiger partial charge in [-0.3, -0.25) is 9.48 Å². The summed E-state index contributed by atoms with van der Waals surface area (Å²) in [5, 5.41) is 6.10. The van der Waals surface area contributed by atoms with Gasteiger partial charge in [-0.15, -0.1) is 11.3 Å². The number of aromatic nitrogens is 3. The molecular weight excluding hydrogens is 260 g/mol. The summed E-state index contributed by atoms with van der Waals surface area (Å²) in [6.45, 7) is 1.48. The molecule has 2 aromatic rings. The first-order chi connectivity index (χ1) is 9.34. The number of nitrogens with zero attached hydrogens (tertiary/aromatic N) is 4. The number of hydrogen-bond donors (Lipinski definition) is 0. The van der Waals surface area contributed by atoms with Crippen molar-refractivity contribution in [1.29, 1.82) is 0 Å². The highest BCUT2D eigenvalue weighted by Gasteiger charge is 2.30. The van der Waals surface area contributed by atoms with Crippen molar-refractivity contribution in [3.8, 4) is 0 Å². The Labute approximate surface area is 115 Å². The van der Waals surface area contributed by atoms with E-state index in [1.165, 1.54) is 11.2 Å². The largest absolute Gasteiger partial charge is 0.335 e. The normalized spacial score (nSPS) is 18.9.